The van der Waals surface area contributed by atoms with Gasteiger partial charge in [-0.3, -0.25) is 0 Å². The third-order valence-electron chi connectivity index (χ3n) is 3.23. The van der Waals surface area contributed by atoms with Crippen LogP contribution in [0.5, 0.6) is 0 Å². The first-order chi connectivity index (χ1) is 6.57. The van der Waals surface area contributed by atoms with Crippen molar-refractivity contribution in [3.05, 3.63) is 12.7 Å². The molecule has 0 aromatic rings. The van der Waals surface area contributed by atoms with Crippen molar-refractivity contribution in [1.82, 2.24) is 0 Å². The summed E-state index contributed by atoms with van der Waals surface area (Å²) < 4.78 is 5.75. The number of allylic oxidation sites excluding steroid dienone is 1. The Labute approximate surface area is 88.5 Å². The van der Waals surface area contributed by atoms with E-state index >= 15 is 0 Å². The van der Waals surface area contributed by atoms with E-state index < -0.39 is 0 Å². The molecule has 0 N–H and O–H groups in total. The number of rotatable bonds is 5. The van der Waals surface area contributed by atoms with Crippen molar-refractivity contribution in [2.24, 2.45) is 11.8 Å². The second kappa shape index (κ2) is 4.97. The van der Waals surface area contributed by atoms with Crippen LogP contribution in [-0.4, -0.2) is 12.2 Å². The molecule has 1 saturated heterocycles. The van der Waals surface area contributed by atoms with E-state index in [4.69, 9.17) is 4.74 Å². The lowest BCUT2D eigenvalue weighted by Crippen LogP contribution is -2.17. The van der Waals surface area contributed by atoms with Crippen molar-refractivity contribution in [3.63, 3.8) is 0 Å². The molecule has 0 aromatic heterocycles. The summed E-state index contributed by atoms with van der Waals surface area (Å²) in [5, 5.41) is 0. The molecule has 1 heterocycles. The van der Waals surface area contributed by atoms with Gasteiger partial charge in [0, 0.05) is 0 Å². The summed E-state index contributed by atoms with van der Waals surface area (Å²) in [6, 6.07) is 0. The minimum Gasteiger partial charge on any atom is -0.375 e. The summed E-state index contributed by atoms with van der Waals surface area (Å²) in [5.41, 5.74) is 0.122. The van der Waals surface area contributed by atoms with E-state index in [2.05, 4.69) is 33.4 Å². The largest absolute Gasteiger partial charge is 0.375 e. The van der Waals surface area contributed by atoms with Crippen LogP contribution in [0.25, 0.3) is 0 Å². The fraction of sp³-hybridized carbons (Fsp3) is 0.846. The Morgan fingerprint density at radius 1 is 1.57 bits per heavy atom. The highest BCUT2D eigenvalue weighted by Gasteiger charge is 2.32. The molecule has 1 rings (SSSR count). The number of hydrogen-bond donors (Lipinski definition) is 0. The van der Waals surface area contributed by atoms with Crippen LogP contribution in [-0.2, 0) is 4.74 Å². The van der Waals surface area contributed by atoms with E-state index in [0.717, 1.165) is 24.9 Å². The topological polar surface area (TPSA) is 9.23 Å². The Bertz CT molecular complexity index is 184. The number of ether oxygens (including phenoxy) is 1. The van der Waals surface area contributed by atoms with Gasteiger partial charge < -0.3 is 4.74 Å². The van der Waals surface area contributed by atoms with Gasteiger partial charge in [-0.25, -0.2) is 0 Å². The maximum absolute atomic E-state index is 5.75. The van der Waals surface area contributed by atoms with Crippen LogP contribution in [0.3, 0.4) is 0 Å². The first kappa shape index (κ1) is 11.8. The fourth-order valence-electron chi connectivity index (χ4n) is 2.44. The van der Waals surface area contributed by atoms with Crippen molar-refractivity contribution < 1.29 is 4.74 Å². The highest BCUT2D eigenvalue weighted by molar-refractivity contribution is 4.83. The third kappa shape index (κ3) is 3.45. The fourth-order valence-corrected chi connectivity index (χ4v) is 2.44. The molecule has 1 nitrogen and oxygen atoms in total. The zero-order valence-corrected chi connectivity index (χ0v) is 9.88. The zero-order valence-electron chi connectivity index (χ0n) is 9.88. The van der Waals surface area contributed by atoms with E-state index in [1.807, 2.05) is 0 Å². The van der Waals surface area contributed by atoms with Gasteiger partial charge in [-0.05, 0) is 44.9 Å². The van der Waals surface area contributed by atoms with Crippen molar-refractivity contribution in [2.75, 3.05) is 6.61 Å². The quantitative estimate of drug-likeness (QED) is 0.608. The molecule has 0 radical (unpaired) electrons. The van der Waals surface area contributed by atoms with Gasteiger partial charge in [-0.1, -0.05) is 19.4 Å². The second-order valence-electron chi connectivity index (χ2n) is 5.18. The number of hydrogen-bond acceptors (Lipinski definition) is 1. The van der Waals surface area contributed by atoms with Gasteiger partial charge >= 0.3 is 0 Å². The molecule has 0 aromatic carbocycles. The first-order valence-electron chi connectivity index (χ1n) is 5.82. The molecule has 1 aliphatic heterocycles. The van der Waals surface area contributed by atoms with Gasteiger partial charge in [0.2, 0.25) is 0 Å². The van der Waals surface area contributed by atoms with E-state index in [1.54, 1.807) is 0 Å². The van der Waals surface area contributed by atoms with Gasteiger partial charge in [-0.2, -0.15) is 0 Å². The summed E-state index contributed by atoms with van der Waals surface area (Å²) in [6.45, 7) is 11.4. The highest BCUT2D eigenvalue weighted by atomic mass is 16.5. The lowest BCUT2D eigenvalue weighted by Gasteiger charge is -2.18. The molecule has 14 heavy (non-hydrogen) atoms. The predicted octanol–water partition coefficient (Wildman–Crippen LogP) is 3.79. The van der Waals surface area contributed by atoms with Gasteiger partial charge in [0.15, 0.2) is 0 Å². The first-order valence-corrected chi connectivity index (χ1v) is 5.82. The molecule has 0 saturated carbocycles. The van der Waals surface area contributed by atoms with E-state index in [9.17, 15) is 0 Å². The summed E-state index contributed by atoms with van der Waals surface area (Å²) in [5.74, 6) is 1.59. The molecule has 0 amide bonds. The molecule has 0 bridgehead atoms. The standard InChI is InChI=1S/C13H24O/c1-5-7-11(6-2)8-12-9-13(3,4)14-10-12/h5,11-12H,1,6-10H2,2-4H3/t11-,12-/m1/s1. The smallest absolute Gasteiger partial charge is 0.0630 e. The Kier molecular flexibility index (Phi) is 4.18. The summed E-state index contributed by atoms with van der Waals surface area (Å²) in [6.07, 6.45) is 7.01. The maximum atomic E-state index is 5.75. The van der Waals surface area contributed by atoms with E-state index in [0.29, 0.717) is 0 Å². The van der Waals surface area contributed by atoms with Crippen LogP contribution in [0.15, 0.2) is 12.7 Å². The molecule has 1 heteroatoms. The van der Waals surface area contributed by atoms with Crippen molar-refractivity contribution in [2.45, 2.75) is 52.1 Å². The monoisotopic (exact) mass is 196 g/mol. The van der Waals surface area contributed by atoms with Crippen LogP contribution in [0.1, 0.15) is 46.5 Å². The molecular formula is C13H24O. The molecule has 0 unspecified atom stereocenters. The van der Waals surface area contributed by atoms with Gasteiger partial charge in [-0.15, -0.1) is 6.58 Å². The summed E-state index contributed by atoms with van der Waals surface area (Å²) in [7, 11) is 0. The summed E-state index contributed by atoms with van der Waals surface area (Å²) in [4.78, 5) is 0. The van der Waals surface area contributed by atoms with E-state index in [-0.39, 0.29) is 5.60 Å². The highest BCUT2D eigenvalue weighted by Crippen LogP contribution is 2.34. The SMILES string of the molecule is C=CC[C@@H](CC)C[C@H]1COC(C)(C)C1. The molecule has 1 fully saturated rings. The van der Waals surface area contributed by atoms with Crippen molar-refractivity contribution in [3.8, 4) is 0 Å². The Morgan fingerprint density at radius 2 is 2.29 bits per heavy atom. The van der Waals surface area contributed by atoms with Gasteiger partial charge in [0.1, 0.15) is 0 Å². The van der Waals surface area contributed by atoms with E-state index in [1.165, 1.54) is 19.3 Å². The minimum absolute atomic E-state index is 0.122. The van der Waals surface area contributed by atoms with Gasteiger partial charge in [0.05, 0.1) is 12.2 Å². The van der Waals surface area contributed by atoms with Crippen LogP contribution >= 0.6 is 0 Å². The van der Waals surface area contributed by atoms with Crippen LogP contribution in [0.4, 0.5) is 0 Å². The summed E-state index contributed by atoms with van der Waals surface area (Å²) >= 11 is 0. The maximum Gasteiger partial charge on any atom is 0.0630 e. The molecule has 0 aliphatic carbocycles. The predicted molar refractivity (Wildman–Crippen MR) is 61.4 cm³/mol. The Morgan fingerprint density at radius 3 is 2.71 bits per heavy atom. The lowest BCUT2D eigenvalue weighted by atomic mass is 9.86. The molecular weight excluding hydrogens is 172 g/mol. The third-order valence-corrected chi connectivity index (χ3v) is 3.23. The zero-order chi connectivity index (χ0) is 10.6. The average Bonchev–Trinajstić information content (AvgIpc) is 2.45. The van der Waals surface area contributed by atoms with Crippen LogP contribution in [0.2, 0.25) is 0 Å². The molecule has 1 aliphatic rings. The Hall–Kier alpha value is -0.300. The normalized spacial score (nSPS) is 27.5. The van der Waals surface area contributed by atoms with Gasteiger partial charge in [0.25, 0.3) is 0 Å². The van der Waals surface area contributed by atoms with Crippen LogP contribution in [0, 0.1) is 11.8 Å². The average molecular weight is 196 g/mol. The van der Waals surface area contributed by atoms with Crippen molar-refractivity contribution in [1.29, 1.82) is 0 Å². The second-order valence-corrected chi connectivity index (χ2v) is 5.18. The van der Waals surface area contributed by atoms with Crippen molar-refractivity contribution >= 4 is 0 Å². The minimum atomic E-state index is 0.122. The Balaban J connectivity index is 2.33. The lowest BCUT2D eigenvalue weighted by molar-refractivity contribution is 0.0345. The molecule has 82 valence electrons. The van der Waals surface area contributed by atoms with Crippen LogP contribution < -0.4 is 0 Å². The molecule has 2 atom stereocenters. The molecule has 0 spiro atoms.